The molecule has 0 heterocycles. The van der Waals surface area contributed by atoms with E-state index < -0.39 is 0 Å². The van der Waals surface area contributed by atoms with Crippen LogP contribution in [0.25, 0.3) is 0 Å². The quantitative estimate of drug-likeness (QED) is 0.839. The van der Waals surface area contributed by atoms with Crippen molar-refractivity contribution >= 4 is 0 Å². The van der Waals surface area contributed by atoms with Crippen molar-refractivity contribution in [1.29, 1.82) is 0 Å². The highest BCUT2D eigenvalue weighted by Gasteiger charge is 2.32. The van der Waals surface area contributed by atoms with Crippen molar-refractivity contribution in [2.75, 3.05) is 6.54 Å². The first-order valence-corrected chi connectivity index (χ1v) is 6.80. The van der Waals surface area contributed by atoms with E-state index >= 15 is 0 Å². The van der Waals surface area contributed by atoms with E-state index in [1.165, 1.54) is 25.8 Å². The maximum atomic E-state index is 13.5. The van der Waals surface area contributed by atoms with Crippen LogP contribution in [0.5, 0.6) is 0 Å². The molecule has 0 atom stereocenters. The fourth-order valence-corrected chi connectivity index (χ4v) is 2.87. The van der Waals surface area contributed by atoms with Gasteiger partial charge in [-0.1, -0.05) is 24.6 Å². The van der Waals surface area contributed by atoms with Crippen LogP contribution in [-0.4, -0.2) is 12.6 Å². The predicted octanol–water partition coefficient (Wildman–Crippen LogP) is 3.46. The summed E-state index contributed by atoms with van der Waals surface area (Å²) in [5, 5.41) is 3.62. The Kier molecular flexibility index (Phi) is 3.15. The summed E-state index contributed by atoms with van der Waals surface area (Å²) in [7, 11) is 0. The van der Waals surface area contributed by atoms with Crippen LogP contribution in [0.3, 0.4) is 0 Å². The molecule has 0 aliphatic heterocycles. The molecule has 1 nitrogen and oxygen atoms in total. The second-order valence-corrected chi connectivity index (χ2v) is 5.59. The summed E-state index contributed by atoms with van der Waals surface area (Å²) in [6, 6.07) is 7.84. The minimum atomic E-state index is -0.0325. The van der Waals surface area contributed by atoms with Crippen molar-refractivity contribution in [3.8, 4) is 0 Å². The molecule has 2 fully saturated rings. The zero-order valence-electron chi connectivity index (χ0n) is 10.2. The molecule has 2 saturated carbocycles. The van der Waals surface area contributed by atoms with Gasteiger partial charge in [-0.05, 0) is 55.7 Å². The number of halogens is 1. The largest absolute Gasteiger partial charge is 0.314 e. The first kappa shape index (κ1) is 11.2. The van der Waals surface area contributed by atoms with Gasteiger partial charge in [0.2, 0.25) is 0 Å². The Morgan fingerprint density at radius 2 is 1.94 bits per heavy atom. The third kappa shape index (κ3) is 2.37. The fourth-order valence-electron chi connectivity index (χ4n) is 2.87. The van der Waals surface area contributed by atoms with Gasteiger partial charge in [0, 0.05) is 6.04 Å². The van der Waals surface area contributed by atoms with Crippen LogP contribution in [0.15, 0.2) is 24.3 Å². The van der Waals surface area contributed by atoms with Gasteiger partial charge in [-0.15, -0.1) is 0 Å². The third-order valence-electron chi connectivity index (χ3n) is 4.40. The zero-order chi connectivity index (χ0) is 11.7. The number of nitrogens with one attached hydrogen (secondary N) is 1. The van der Waals surface area contributed by atoms with Crippen LogP contribution >= 0.6 is 0 Å². The van der Waals surface area contributed by atoms with Crippen molar-refractivity contribution in [2.45, 2.75) is 44.1 Å². The van der Waals surface area contributed by atoms with E-state index in [-0.39, 0.29) is 5.82 Å². The summed E-state index contributed by atoms with van der Waals surface area (Å²) in [5.41, 5.74) is 0.911. The Morgan fingerprint density at radius 1 is 1.18 bits per heavy atom. The molecule has 1 aromatic rings. The molecular weight excluding hydrogens is 213 g/mol. The van der Waals surface area contributed by atoms with E-state index in [0.717, 1.165) is 24.3 Å². The number of hydrogen-bond donors (Lipinski definition) is 1. The molecule has 17 heavy (non-hydrogen) atoms. The highest BCUT2D eigenvalue weighted by Crippen LogP contribution is 2.38. The fraction of sp³-hybridized carbons (Fsp3) is 0.600. The number of hydrogen-bond acceptors (Lipinski definition) is 1. The summed E-state index contributed by atoms with van der Waals surface area (Å²) in [5.74, 6) is 1.33. The third-order valence-corrected chi connectivity index (χ3v) is 4.40. The predicted molar refractivity (Wildman–Crippen MR) is 67.5 cm³/mol. The van der Waals surface area contributed by atoms with Crippen molar-refractivity contribution in [3.63, 3.8) is 0 Å². The number of rotatable bonds is 4. The van der Waals surface area contributed by atoms with Gasteiger partial charge < -0.3 is 5.32 Å². The molecule has 1 aromatic carbocycles. The summed E-state index contributed by atoms with van der Waals surface area (Å²) in [4.78, 5) is 0. The lowest BCUT2D eigenvalue weighted by Crippen LogP contribution is -2.43. The Labute approximate surface area is 102 Å². The first-order valence-electron chi connectivity index (χ1n) is 6.80. The monoisotopic (exact) mass is 233 g/mol. The molecule has 0 radical (unpaired) electrons. The van der Waals surface area contributed by atoms with E-state index in [9.17, 15) is 4.39 Å². The highest BCUT2D eigenvalue weighted by atomic mass is 19.1. The van der Waals surface area contributed by atoms with Gasteiger partial charge in [0.25, 0.3) is 0 Å². The minimum Gasteiger partial charge on any atom is -0.314 e. The average molecular weight is 233 g/mol. The molecule has 2 heteroatoms. The molecule has 1 N–H and O–H groups in total. The zero-order valence-corrected chi connectivity index (χ0v) is 10.2. The highest BCUT2D eigenvalue weighted by molar-refractivity contribution is 5.24. The van der Waals surface area contributed by atoms with Gasteiger partial charge >= 0.3 is 0 Å². The molecule has 2 aliphatic rings. The van der Waals surface area contributed by atoms with Crippen LogP contribution in [0.1, 0.15) is 43.6 Å². The van der Waals surface area contributed by atoms with E-state index in [2.05, 4.69) is 5.32 Å². The van der Waals surface area contributed by atoms with Crippen LogP contribution in [0.2, 0.25) is 0 Å². The average Bonchev–Trinajstić information content (AvgIpc) is 2.20. The molecular formula is C15H20FN. The van der Waals surface area contributed by atoms with E-state index in [0.29, 0.717) is 12.0 Å². The smallest absolute Gasteiger partial charge is 0.126 e. The van der Waals surface area contributed by atoms with E-state index in [4.69, 9.17) is 0 Å². The lowest BCUT2D eigenvalue weighted by Gasteiger charge is -2.38. The molecule has 0 amide bonds. The standard InChI is InChI=1S/C15H20FN/c16-15-7-2-1-6-14(15)12-8-13(9-12)17-10-11-4-3-5-11/h1-2,6-7,11-13,17H,3-5,8-10H2. The van der Waals surface area contributed by atoms with Gasteiger partial charge in [0.1, 0.15) is 5.82 Å². The summed E-state index contributed by atoms with van der Waals surface area (Å²) in [6.45, 7) is 1.18. The van der Waals surface area contributed by atoms with Crippen LogP contribution in [-0.2, 0) is 0 Å². The molecule has 0 aromatic heterocycles. The second-order valence-electron chi connectivity index (χ2n) is 5.59. The van der Waals surface area contributed by atoms with Gasteiger partial charge in [-0.3, -0.25) is 0 Å². The Bertz CT molecular complexity index is 380. The Hall–Kier alpha value is -0.890. The van der Waals surface area contributed by atoms with Crippen molar-refractivity contribution in [2.24, 2.45) is 5.92 Å². The van der Waals surface area contributed by atoms with Crippen molar-refractivity contribution in [1.82, 2.24) is 5.32 Å². The molecule has 0 saturated heterocycles. The van der Waals surface area contributed by atoms with Crippen molar-refractivity contribution in [3.05, 3.63) is 35.6 Å². The lowest BCUT2D eigenvalue weighted by molar-refractivity contribution is 0.235. The van der Waals surface area contributed by atoms with Gasteiger partial charge in [-0.2, -0.15) is 0 Å². The van der Waals surface area contributed by atoms with Crippen LogP contribution < -0.4 is 5.32 Å². The Balaban J connectivity index is 1.46. The van der Waals surface area contributed by atoms with E-state index in [1.807, 2.05) is 12.1 Å². The normalized spacial score (nSPS) is 28.5. The first-order chi connectivity index (χ1) is 8.33. The minimum absolute atomic E-state index is 0.0325. The molecule has 3 rings (SSSR count). The van der Waals surface area contributed by atoms with Crippen molar-refractivity contribution < 1.29 is 4.39 Å². The second kappa shape index (κ2) is 4.77. The topological polar surface area (TPSA) is 12.0 Å². The molecule has 0 bridgehead atoms. The van der Waals surface area contributed by atoms with Gasteiger partial charge in [0.15, 0.2) is 0 Å². The summed E-state index contributed by atoms with van der Waals surface area (Å²) >= 11 is 0. The lowest BCUT2D eigenvalue weighted by atomic mass is 9.75. The molecule has 92 valence electrons. The van der Waals surface area contributed by atoms with E-state index in [1.54, 1.807) is 12.1 Å². The van der Waals surface area contributed by atoms with Crippen LogP contribution in [0, 0.1) is 11.7 Å². The number of benzene rings is 1. The summed E-state index contributed by atoms with van der Waals surface area (Å²) in [6.07, 6.45) is 6.42. The summed E-state index contributed by atoms with van der Waals surface area (Å²) < 4.78 is 13.5. The SMILES string of the molecule is Fc1ccccc1C1CC(NCC2CCC2)C1. The van der Waals surface area contributed by atoms with Gasteiger partial charge in [0.05, 0.1) is 0 Å². The maximum absolute atomic E-state index is 13.5. The van der Waals surface area contributed by atoms with Gasteiger partial charge in [-0.25, -0.2) is 4.39 Å². The molecule has 0 unspecified atom stereocenters. The van der Waals surface area contributed by atoms with Crippen LogP contribution in [0.4, 0.5) is 4.39 Å². The Morgan fingerprint density at radius 3 is 2.59 bits per heavy atom. The molecule has 0 spiro atoms. The maximum Gasteiger partial charge on any atom is 0.126 e. The molecule has 2 aliphatic carbocycles.